The van der Waals surface area contributed by atoms with E-state index in [0.29, 0.717) is 31.1 Å². The highest BCUT2D eigenvalue weighted by atomic mass is 19.1. The molecule has 2 fully saturated rings. The van der Waals surface area contributed by atoms with E-state index >= 15 is 0 Å². The lowest BCUT2D eigenvalue weighted by atomic mass is 10.1. The molecule has 26 heavy (non-hydrogen) atoms. The average molecular weight is 365 g/mol. The van der Waals surface area contributed by atoms with E-state index < -0.39 is 18.0 Å². The fourth-order valence-electron chi connectivity index (χ4n) is 3.24. The summed E-state index contributed by atoms with van der Waals surface area (Å²) in [6, 6.07) is 4.74. The van der Waals surface area contributed by atoms with Crippen LogP contribution in [0.5, 0.6) is 0 Å². The summed E-state index contributed by atoms with van der Waals surface area (Å²) in [5.74, 6) is -0.582. The number of nitrogens with one attached hydrogen (secondary N) is 1. The Morgan fingerprint density at radius 1 is 1.42 bits per heavy atom. The van der Waals surface area contributed by atoms with E-state index in [-0.39, 0.29) is 24.6 Å². The summed E-state index contributed by atoms with van der Waals surface area (Å²) in [7, 11) is 0. The van der Waals surface area contributed by atoms with E-state index in [4.69, 9.17) is 9.47 Å². The average Bonchev–Trinajstić information content (AvgIpc) is 2.93. The minimum Gasteiger partial charge on any atom is -0.442 e. The van der Waals surface area contributed by atoms with Crippen molar-refractivity contribution < 1.29 is 23.5 Å². The summed E-state index contributed by atoms with van der Waals surface area (Å²) in [6.45, 7) is 7.59. The summed E-state index contributed by atoms with van der Waals surface area (Å²) in [5, 5.41) is 2.62. The SMILES string of the molecule is CC(=O)NC[C@H]1CN(c2ccc(N3CCOC(C)(C)C3)c(F)c2)C(=O)O1. The fourth-order valence-corrected chi connectivity index (χ4v) is 3.24. The maximum absolute atomic E-state index is 14.7. The summed E-state index contributed by atoms with van der Waals surface area (Å²) in [4.78, 5) is 26.4. The second-order valence-corrected chi connectivity index (χ2v) is 7.22. The van der Waals surface area contributed by atoms with Crippen molar-refractivity contribution in [2.24, 2.45) is 0 Å². The number of nitrogens with zero attached hydrogens (tertiary/aromatic N) is 2. The van der Waals surface area contributed by atoms with Gasteiger partial charge in [-0.25, -0.2) is 9.18 Å². The van der Waals surface area contributed by atoms with Crippen LogP contribution in [0.15, 0.2) is 18.2 Å². The molecule has 0 unspecified atom stereocenters. The van der Waals surface area contributed by atoms with Gasteiger partial charge in [0.2, 0.25) is 5.91 Å². The number of anilines is 2. The number of hydrogen-bond acceptors (Lipinski definition) is 5. The largest absolute Gasteiger partial charge is 0.442 e. The molecule has 2 amide bonds. The molecular weight excluding hydrogens is 341 g/mol. The standard InChI is InChI=1S/C18H24FN3O4/c1-12(23)20-9-14-10-22(17(24)26-14)13-4-5-16(15(19)8-13)21-6-7-25-18(2,3)11-21/h4-5,8,14H,6-7,9-11H2,1-3H3,(H,20,23)/t14-/m0/s1. The minimum atomic E-state index is -0.542. The molecule has 7 nitrogen and oxygen atoms in total. The molecule has 8 heteroatoms. The third-order valence-electron chi connectivity index (χ3n) is 4.46. The molecule has 1 aromatic carbocycles. The number of carbonyl (C=O) groups excluding carboxylic acids is 2. The van der Waals surface area contributed by atoms with Crippen LogP contribution < -0.4 is 15.1 Å². The minimum absolute atomic E-state index is 0.191. The van der Waals surface area contributed by atoms with Crippen LogP contribution in [0.4, 0.5) is 20.6 Å². The van der Waals surface area contributed by atoms with Crippen LogP contribution >= 0.6 is 0 Å². The van der Waals surface area contributed by atoms with Gasteiger partial charge in [0.15, 0.2) is 0 Å². The Kier molecular flexibility index (Phi) is 5.04. The van der Waals surface area contributed by atoms with Gasteiger partial charge in [0, 0.05) is 20.0 Å². The molecular formula is C18H24FN3O4. The maximum atomic E-state index is 14.7. The first-order valence-corrected chi connectivity index (χ1v) is 8.66. The zero-order valence-corrected chi connectivity index (χ0v) is 15.3. The maximum Gasteiger partial charge on any atom is 0.414 e. The first-order valence-electron chi connectivity index (χ1n) is 8.66. The monoisotopic (exact) mass is 365 g/mol. The molecule has 142 valence electrons. The topological polar surface area (TPSA) is 71.1 Å². The number of rotatable bonds is 4. The Morgan fingerprint density at radius 3 is 2.85 bits per heavy atom. The van der Waals surface area contributed by atoms with Gasteiger partial charge in [-0.05, 0) is 32.0 Å². The molecule has 2 saturated heterocycles. The van der Waals surface area contributed by atoms with Crippen molar-refractivity contribution in [2.45, 2.75) is 32.5 Å². The highest BCUT2D eigenvalue weighted by Gasteiger charge is 2.33. The van der Waals surface area contributed by atoms with Crippen molar-refractivity contribution in [2.75, 3.05) is 42.6 Å². The molecule has 0 spiro atoms. The summed E-state index contributed by atoms with van der Waals surface area (Å²) in [6.07, 6.45) is -0.991. The predicted molar refractivity (Wildman–Crippen MR) is 94.9 cm³/mol. The van der Waals surface area contributed by atoms with Crippen LogP contribution in [-0.4, -0.2) is 56.5 Å². The third kappa shape index (κ3) is 4.07. The first-order chi connectivity index (χ1) is 12.2. The zero-order chi connectivity index (χ0) is 18.9. The quantitative estimate of drug-likeness (QED) is 0.883. The van der Waals surface area contributed by atoms with E-state index in [1.165, 1.54) is 17.9 Å². The van der Waals surface area contributed by atoms with E-state index in [1.54, 1.807) is 12.1 Å². The highest BCUT2D eigenvalue weighted by molar-refractivity contribution is 5.90. The molecule has 0 saturated carbocycles. The molecule has 0 radical (unpaired) electrons. The molecule has 1 aromatic rings. The molecule has 1 N–H and O–H groups in total. The van der Waals surface area contributed by atoms with Crippen molar-refractivity contribution >= 4 is 23.4 Å². The lowest BCUT2D eigenvalue weighted by Gasteiger charge is -2.39. The van der Waals surface area contributed by atoms with E-state index in [1.807, 2.05) is 18.7 Å². The van der Waals surface area contributed by atoms with Gasteiger partial charge in [-0.2, -0.15) is 0 Å². The van der Waals surface area contributed by atoms with Crippen LogP contribution in [0.2, 0.25) is 0 Å². The van der Waals surface area contributed by atoms with Crippen molar-refractivity contribution in [1.29, 1.82) is 0 Å². The number of halogens is 1. The molecule has 1 atom stereocenters. The molecule has 3 rings (SSSR count). The van der Waals surface area contributed by atoms with Gasteiger partial charge in [0.25, 0.3) is 0 Å². The van der Waals surface area contributed by atoms with Crippen LogP contribution in [0.1, 0.15) is 20.8 Å². The Hall–Kier alpha value is -2.35. The first kappa shape index (κ1) is 18.4. The summed E-state index contributed by atoms with van der Waals surface area (Å²) >= 11 is 0. The van der Waals surface area contributed by atoms with Crippen LogP contribution in [-0.2, 0) is 14.3 Å². The van der Waals surface area contributed by atoms with Crippen LogP contribution in [0.3, 0.4) is 0 Å². The molecule has 0 aromatic heterocycles. The van der Waals surface area contributed by atoms with Gasteiger partial charge in [0.05, 0.1) is 36.7 Å². The van der Waals surface area contributed by atoms with Gasteiger partial charge in [0.1, 0.15) is 11.9 Å². The van der Waals surface area contributed by atoms with E-state index in [0.717, 1.165) is 0 Å². The number of cyclic esters (lactones) is 1. The van der Waals surface area contributed by atoms with Gasteiger partial charge >= 0.3 is 6.09 Å². The number of hydrogen-bond donors (Lipinski definition) is 1. The number of ether oxygens (including phenoxy) is 2. The Labute approximate surface area is 152 Å². The van der Waals surface area contributed by atoms with Crippen molar-refractivity contribution in [3.8, 4) is 0 Å². The van der Waals surface area contributed by atoms with E-state index in [2.05, 4.69) is 5.32 Å². The highest BCUT2D eigenvalue weighted by Crippen LogP contribution is 2.30. The number of morpholine rings is 1. The lowest BCUT2D eigenvalue weighted by molar-refractivity contribution is -0.119. The second kappa shape index (κ2) is 7.11. The number of amides is 2. The third-order valence-corrected chi connectivity index (χ3v) is 4.46. The van der Waals surface area contributed by atoms with Gasteiger partial charge in [-0.1, -0.05) is 0 Å². The molecule has 2 aliphatic heterocycles. The Balaban J connectivity index is 1.71. The lowest BCUT2D eigenvalue weighted by Crippen LogP contribution is -2.48. The molecule has 2 heterocycles. The number of carbonyl (C=O) groups is 2. The summed E-state index contributed by atoms with van der Waals surface area (Å²) < 4.78 is 25.6. The summed E-state index contributed by atoms with van der Waals surface area (Å²) in [5.41, 5.74) is 0.598. The van der Waals surface area contributed by atoms with Gasteiger partial charge in [-0.3, -0.25) is 9.69 Å². The smallest absolute Gasteiger partial charge is 0.414 e. The molecule has 2 aliphatic rings. The Bertz CT molecular complexity index is 710. The molecule has 0 aliphatic carbocycles. The molecule has 0 bridgehead atoms. The number of benzene rings is 1. The van der Waals surface area contributed by atoms with Crippen LogP contribution in [0, 0.1) is 5.82 Å². The Morgan fingerprint density at radius 2 is 2.19 bits per heavy atom. The van der Waals surface area contributed by atoms with E-state index in [9.17, 15) is 14.0 Å². The second-order valence-electron chi connectivity index (χ2n) is 7.22. The fraction of sp³-hybridized carbons (Fsp3) is 0.556. The van der Waals surface area contributed by atoms with Gasteiger partial charge in [-0.15, -0.1) is 0 Å². The van der Waals surface area contributed by atoms with Crippen molar-refractivity contribution in [3.63, 3.8) is 0 Å². The predicted octanol–water partition coefficient (Wildman–Crippen LogP) is 1.90. The van der Waals surface area contributed by atoms with Gasteiger partial charge < -0.3 is 19.7 Å². The van der Waals surface area contributed by atoms with Crippen molar-refractivity contribution in [1.82, 2.24) is 5.32 Å². The van der Waals surface area contributed by atoms with Crippen molar-refractivity contribution in [3.05, 3.63) is 24.0 Å². The zero-order valence-electron chi connectivity index (χ0n) is 15.3. The normalized spacial score (nSPS) is 22.3. The van der Waals surface area contributed by atoms with Crippen LogP contribution in [0.25, 0.3) is 0 Å².